The summed E-state index contributed by atoms with van der Waals surface area (Å²) < 4.78 is 20.3. The normalized spacial score (nSPS) is 36.9. The first-order valence-electron chi connectivity index (χ1n) is 10.6. The molecule has 1 aliphatic heterocycles. The van der Waals surface area contributed by atoms with Crippen LogP contribution in [0.2, 0.25) is 19.6 Å². The highest BCUT2D eigenvalue weighted by Gasteiger charge is 2.65. The monoisotopic (exact) mass is 386 g/mol. The largest absolute Gasteiger partial charge is 0.495 e. The second-order valence-electron chi connectivity index (χ2n) is 10.7. The Morgan fingerprint density at radius 2 is 1.67 bits per heavy atom. The van der Waals surface area contributed by atoms with Crippen molar-refractivity contribution < 1.29 is 13.7 Å². The van der Waals surface area contributed by atoms with Crippen molar-refractivity contribution in [2.45, 2.75) is 89.7 Å². The highest BCUT2D eigenvalue weighted by atomic mass is 28.4. The molecule has 2 fully saturated rings. The van der Waals surface area contributed by atoms with Gasteiger partial charge in [-0.2, -0.15) is 0 Å². The molecule has 27 heavy (non-hydrogen) atoms. The van der Waals surface area contributed by atoms with E-state index < -0.39 is 13.8 Å². The second-order valence-corrected chi connectivity index (χ2v) is 15.2. The maximum atomic E-state index is 7.05. The van der Waals surface area contributed by atoms with Gasteiger partial charge in [0.05, 0.1) is 11.2 Å². The molecule has 2 unspecified atom stereocenters. The smallest absolute Gasteiger partial charge is 0.409 e. The maximum Gasteiger partial charge on any atom is 0.495 e. The molecule has 0 spiro atoms. The zero-order valence-electron chi connectivity index (χ0n) is 18.1. The van der Waals surface area contributed by atoms with Crippen LogP contribution in [0, 0.1) is 11.8 Å². The number of rotatable bonds is 3. The third-order valence-corrected chi connectivity index (χ3v) is 8.09. The quantitative estimate of drug-likeness (QED) is 0.604. The average molecular weight is 386 g/mol. The van der Waals surface area contributed by atoms with Crippen LogP contribution in [-0.4, -0.2) is 32.1 Å². The summed E-state index contributed by atoms with van der Waals surface area (Å²) >= 11 is 0. The van der Waals surface area contributed by atoms with Gasteiger partial charge in [-0.3, -0.25) is 0 Å². The molecule has 3 nitrogen and oxygen atoms in total. The van der Waals surface area contributed by atoms with Crippen molar-refractivity contribution in [3.8, 4) is 0 Å². The Labute approximate surface area is 166 Å². The van der Waals surface area contributed by atoms with Crippen molar-refractivity contribution >= 4 is 15.4 Å². The van der Waals surface area contributed by atoms with Gasteiger partial charge in [-0.05, 0) is 90.1 Å². The summed E-state index contributed by atoms with van der Waals surface area (Å²) in [6.07, 6.45) is 13.7. The minimum absolute atomic E-state index is 0.334. The fourth-order valence-corrected chi connectivity index (χ4v) is 6.67. The molecule has 4 aliphatic rings. The van der Waals surface area contributed by atoms with Crippen molar-refractivity contribution in [1.82, 2.24) is 0 Å². The number of allylic oxidation sites excluding steroid dienone is 5. The Bertz CT molecular complexity index is 700. The summed E-state index contributed by atoms with van der Waals surface area (Å²) in [5.74, 6) is 1.12. The van der Waals surface area contributed by atoms with Crippen molar-refractivity contribution in [1.29, 1.82) is 0 Å². The van der Waals surface area contributed by atoms with Gasteiger partial charge < -0.3 is 13.7 Å². The summed E-state index contributed by atoms with van der Waals surface area (Å²) in [7, 11) is -2.16. The lowest BCUT2D eigenvalue weighted by molar-refractivity contribution is 0.00578. The lowest BCUT2D eigenvalue weighted by Gasteiger charge is -2.43. The van der Waals surface area contributed by atoms with Gasteiger partial charge >= 0.3 is 7.12 Å². The third kappa shape index (κ3) is 3.15. The van der Waals surface area contributed by atoms with E-state index in [0.29, 0.717) is 11.8 Å². The van der Waals surface area contributed by atoms with Crippen molar-refractivity contribution in [2.24, 2.45) is 11.8 Å². The molecule has 1 heterocycles. The fourth-order valence-electron chi connectivity index (χ4n) is 5.27. The minimum atomic E-state index is -1.82. The van der Waals surface area contributed by atoms with Gasteiger partial charge in [0.15, 0.2) is 8.32 Å². The van der Waals surface area contributed by atoms with E-state index >= 15 is 0 Å². The molecule has 5 heteroatoms. The first-order valence-corrected chi connectivity index (χ1v) is 14.0. The minimum Gasteiger partial charge on any atom is -0.409 e. The Hall–Kier alpha value is -0.618. The number of hydrogen-bond donors (Lipinski definition) is 0. The molecular formula is C22H35BO3Si. The topological polar surface area (TPSA) is 27.7 Å². The molecular weight excluding hydrogens is 351 g/mol. The molecule has 0 aromatic heterocycles. The van der Waals surface area contributed by atoms with Crippen molar-refractivity contribution in [3.05, 3.63) is 35.5 Å². The summed E-state index contributed by atoms with van der Waals surface area (Å²) in [6, 6.07) is 0. The fraction of sp³-hybridized carbons (Fsp3) is 0.727. The summed E-state index contributed by atoms with van der Waals surface area (Å²) in [5.41, 5.74) is 1.84. The SMILES string of the molecule is CC1(C)OB([C@@]2(O[Si](C)(C)C)CCC3CCC4C=CC=CC4=C32)OC1(C)C. The van der Waals surface area contributed by atoms with Crippen LogP contribution >= 0.6 is 0 Å². The van der Waals surface area contributed by atoms with Crippen molar-refractivity contribution in [2.75, 3.05) is 0 Å². The van der Waals surface area contributed by atoms with Gasteiger partial charge in [-0.25, -0.2) is 0 Å². The van der Waals surface area contributed by atoms with Crippen molar-refractivity contribution in [3.63, 3.8) is 0 Å². The second kappa shape index (κ2) is 6.19. The zero-order chi connectivity index (χ0) is 19.7. The van der Waals surface area contributed by atoms with Crippen LogP contribution in [0.5, 0.6) is 0 Å². The van der Waals surface area contributed by atoms with E-state index in [9.17, 15) is 0 Å². The van der Waals surface area contributed by atoms with Crippen LogP contribution in [-0.2, 0) is 13.7 Å². The molecule has 0 bridgehead atoms. The highest BCUT2D eigenvalue weighted by molar-refractivity contribution is 6.71. The standard InChI is InChI=1S/C22H35BO3Si/c1-20(2)21(3,4)25-23(24-20)22(26-27(5,6)7)15-14-17-13-12-16-10-8-9-11-18(16)19(17)22/h8-11,16-17H,12-15H2,1-7H3/t16?,17?,22-/m1/s1. The van der Waals surface area contributed by atoms with E-state index in [2.05, 4.69) is 71.6 Å². The summed E-state index contributed by atoms with van der Waals surface area (Å²) in [6.45, 7) is 15.4. The van der Waals surface area contributed by atoms with Crippen LogP contribution in [0.4, 0.5) is 0 Å². The van der Waals surface area contributed by atoms with E-state index in [1.807, 2.05) is 0 Å². The molecule has 3 atom stereocenters. The highest BCUT2D eigenvalue weighted by Crippen LogP contribution is 2.56. The van der Waals surface area contributed by atoms with Gasteiger partial charge in [-0.15, -0.1) is 0 Å². The zero-order valence-corrected chi connectivity index (χ0v) is 19.1. The molecule has 0 amide bonds. The first kappa shape index (κ1) is 19.7. The summed E-state index contributed by atoms with van der Waals surface area (Å²) in [5, 5.41) is 0. The van der Waals surface area contributed by atoms with Gasteiger partial charge in [0, 0.05) is 5.92 Å². The number of hydrogen-bond acceptors (Lipinski definition) is 3. The lowest BCUT2D eigenvalue weighted by atomic mass is 9.59. The van der Waals surface area contributed by atoms with E-state index in [4.69, 9.17) is 13.7 Å². The Morgan fingerprint density at radius 3 is 2.30 bits per heavy atom. The van der Waals surface area contributed by atoms with Crippen LogP contribution < -0.4 is 0 Å². The van der Waals surface area contributed by atoms with Gasteiger partial charge in [-0.1, -0.05) is 24.3 Å². The average Bonchev–Trinajstić information content (AvgIpc) is 3.02. The molecule has 3 aliphatic carbocycles. The third-order valence-electron chi connectivity index (χ3n) is 7.12. The molecule has 1 saturated heterocycles. The maximum absolute atomic E-state index is 7.05. The van der Waals surface area contributed by atoms with Gasteiger partial charge in [0.2, 0.25) is 0 Å². The van der Waals surface area contributed by atoms with Gasteiger partial charge in [0.1, 0.15) is 5.50 Å². The Kier molecular flexibility index (Phi) is 4.51. The molecule has 0 aromatic rings. The first-order chi connectivity index (χ1) is 12.5. The molecule has 0 radical (unpaired) electrons. The molecule has 4 rings (SSSR count). The van der Waals surface area contributed by atoms with Crippen LogP contribution in [0.25, 0.3) is 0 Å². The predicted octanol–water partition coefficient (Wildman–Crippen LogP) is 5.45. The van der Waals surface area contributed by atoms with E-state index in [1.165, 1.54) is 30.4 Å². The Balaban J connectivity index is 1.84. The van der Waals surface area contributed by atoms with Crippen LogP contribution in [0.3, 0.4) is 0 Å². The van der Waals surface area contributed by atoms with E-state index in [0.717, 1.165) is 6.42 Å². The molecule has 0 aromatic carbocycles. The van der Waals surface area contributed by atoms with E-state index in [-0.39, 0.29) is 18.3 Å². The predicted molar refractivity (Wildman–Crippen MR) is 114 cm³/mol. The number of fused-ring (bicyclic) bond motifs is 2. The summed E-state index contributed by atoms with van der Waals surface area (Å²) in [4.78, 5) is 0. The van der Waals surface area contributed by atoms with Gasteiger partial charge in [0.25, 0.3) is 0 Å². The Morgan fingerprint density at radius 1 is 1.00 bits per heavy atom. The molecule has 148 valence electrons. The lowest BCUT2D eigenvalue weighted by Crippen LogP contribution is -2.56. The molecule has 0 N–H and O–H groups in total. The van der Waals surface area contributed by atoms with Crippen LogP contribution in [0.15, 0.2) is 35.5 Å². The molecule has 1 saturated carbocycles. The van der Waals surface area contributed by atoms with E-state index in [1.54, 1.807) is 0 Å². The van der Waals surface area contributed by atoms with Crippen LogP contribution in [0.1, 0.15) is 53.4 Å².